The van der Waals surface area contributed by atoms with Crippen LogP contribution in [0.15, 0.2) is 41.8 Å². The number of likely N-dealkylation sites (tertiary alicyclic amines) is 1. The van der Waals surface area contributed by atoms with E-state index in [0.717, 1.165) is 12.7 Å². The van der Waals surface area contributed by atoms with Gasteiger partial charge in [0.05, 0.1) is 6.26 Å². The van der Waals surface area contributed by atoms with Crippen molar-refractivity contribution < 1.29 is 13.2 Å². The zero-order valence-corrected chi connectivity index (χ0v) is 16.2. The van der Waals surface area contributed by atoms with Crippen molar-refractivity contribution in [3.05, 3.63) is 47.3 Å². The third-order valence-electron chi connectivity index (χ3n) is 5.12. The molecule has 1 amide bonds. The second-order valence-electron chi connectivity index (χ2n) is 7.18. The maximum Gasteiger partial charge on any atom is 0.226 e. The number of thiophene rings is 1. The van der Waals surface area contributed by atoms with Crippen molar-refractivity contribution in [2.24, 2.45) is 5.92 Å². The largest absolute Gasteiger partial charge is 0.341 e. The fourth-order valence-corrected chi connectivity index (χ4v) is 5.62. The molecule has 138 valence electrons. The number of rotatable bonds is 5. The van der Waals surface area contributed by atoms with Gasteiger partial charge >= 0.3 is 0 Å². The van der Waals surface area contributed by atoms with Gasteiger partial charge < -0.3 is 4.90 Å². The topological polar surface area (TPSA) is 66.5 Å². The van der Waals surface area contributed by atoms with Gasteiger partial charge in [0.25, 0.3) is 0 Å². The number of hydrogen-bond acceptors (Lipinski definition) is 4. The smallest absolute Gasteiger partial charge is 0.226 e. The Balaban J connectivity index is 1.42. The maximum absolute atomic E-state index is 12.8. The molecule has 2 fully saturated rings. The van der Waals surface area contributed by atoms with Crippen LogP contribution in [0, 0.1) is 5.92 Å². The van der Waals surface area contributed by atoms with Crippen LogP contribution in [0.3, 0.4) is 0 Å². The standard InChI is InChI=1S/C19H22N2O3S2/c1-26(23,24)20-14-7-9-21(12-14)19(22)17-11-16(17)15-8-10-25-18(15)13-5-3-2-4-6-13/h2-6,8,10,14,16-17,20H,7,9,11-12H2,1H3/t14-,16-,17+/m0/s1. The van der Waals surface area contributed by atoms with E-state index in [1.807, 2.05) is 23.1 Å². The van der Waals surface area contributed by atoms with Crippen LogP contribution in [0.5, 0.6) is 0 Å². The van der Waals surface area contributed by atoms with Crippen molar-refractivity contribution in [2.45, 2.75) is 24.8 Å². The minimum atomic E-state index is -3.23. The molecule has 1 N–H and O–H groups in total. The molecule has 2 aliphatic rings. The highest BCUT2D eigenvalue weighted by Gasteiger charge is 2.48. The second-order valence-corrected chi connectivity index (χ2v) is 9.88. The summed E-state index contributed by atoms with van der Waals surface area (Å²) in [5.41, 5.74) is 2.47. The Morgan fingerprint density at radius 1 is 1.23 bits per heavy atom. The summed E-state index contributed by atoms with van der Waals surface area (Å²) in [4.78, 5) is 15.9. The second kappa shape index (κ2) is 6.79. The first-order valence-corrected chi connectivity index (χ1v) is 11.6. The van der Waals surface area contributed by atoms with E-state index in [9.17, 15) is 13.2 Å². The lowest BCUT2D eigenvalue weighted by atomic mass is 10.1. The molecule has 0 radical (unpaired) electrons. The number of amides is 1. The molecule has 26 heavy (non-hydrogen) atoms. The highest BCUT2D eigenvalue weighted by molar-refractivity contribution is 7.88. The molecule has 3 atom stereocenters. The van der Waals surface area contributed by atoms with E-state index in [1.165, 1.54) is 16.0 Å². The van der Waals surface area contributed by atoms with Gasteiger partial charge in [-0.3, -0.25) is 4.79 Å². The lowest BCUT2D eigenvalue weighted by molar-refractivity contribution is -0.131. The van der Waals surface area contributed by atoms with Crippen LogP contribution in [0.4, 0.5) is 0 Å². The molecule has 1 aliphatic heterocycles. The Hall–Kier alpha value is -1.70. The van der Waals surface area contributed by atoms with Gasteiger partial charge in [-0.2, -0.15) is 0 Å². The van der Waals surface area contributed by atoms with Gasteiger partial charge in [-0.1, -0.05) is 30.3 Å². The molecule has 1 aromatic carbocycles. The molecule has 7 heteroatoms. The fraction of sp³-hybridized carbons (Fsp3) is 0.421. The van der Waals surface area contributed by atoms with Crippen molar-refractivity contribution in [3.63, 3.8) is 0 Å². The molecule has 4 rings (SSSR count). The Labute approximate surface area is 158 Å². The number of nitrogens with zero attached hydrogens (tertiary/aromatic N) is 1. The predicted molar refractivity (Wildman–Crippen MR) is 104 cm³/mol. The minimum absolute atomic E-state index is 0.0315. The SMILES string of the molecule is CS(=O)(=O)N[C@H]1CCN(C(=O)[C@@H]2C[C@H]2c2ccsc2-c2ccccc2)C1. The normalized spacial score (nSPS) is 25.4. The van der Waals surface area contributed by atoms with Crippen molar-refractivity contribution in [2.75, 3.05) is 19.3 Å². The van der Waals surface area contributed by atoms with Crippen molar-refractivity contribution in [1.29, 1.82) is 0 Å². The van der Waals surface area contributed by atoms with Crippen LogP contribution in [0.25, 0.3) is 10.4 Å². The number of sulfonamides is 1. The molecule has 2 aromatic rings. The van der Waals surface area contributed by atoms with E-state index < -0.39 is 10.0 Å². The summed E-state index contributed by atoms with van der Waals surface area (Å²) in [6.07, 6.45) is 2.73. The summed E-state index contributed by atoms with van der Waals surface area (Å²) < 4.78 is 25.4. The van der Waals surface area contributed by atoms with E-state index in [1.54, 1.807) is 11.3 Å². The molecule has 5 nitrogen and oxygen atoms in total. The minimum Gasteiger partial charge on any atom is -0.341 e. The molecule has 0 bridgehead atoms. The monoisotopic (exact) mass is 390 g/mol. The molecule has 1 saturated heterocycles. The average molecular weight is 391 g/mol. The van der Waals surface area contributed by atoms with E-state index in [-0.39, 0.29) is 23.8 Å². The highest BCUT2D eigenvalue weighted by atomic mass is 32.2. The molecular formula is C19H22N2O3S2. The Morgan fingerprint density at radius 3 is 2.73 bits per heavy atom. The number of nitrogens with one attached hydrogen (secondary N) is 1. The summed E-state index contributed by atoms with van der Waals surface area (Å²) in [6, 6.07) is 12.3. The molecule has 1 saturated carbocycles. The van der Waals surface area contributed by atoms with Crippen LogP contribution < -0.4 is 4.72 Å². The first kappa shape index (κ1) is 17.7. The molecule has 2 heterocycles. The lowest BCUT2D eigenvalue weighted by Gasteiger charge is -2.17. The third-order valence-corrected chi connectivity index (χ3v) is 6.86. The van der Waals surface area contributed by atoms with Gasteiger partial charge in [-0.05, 0) is 41.3 Å². The summed E-state index contributed by atoms with van der Waals surface area (Å²) in [5.74, 6) is 0.480. The molecule has 1 aromatic heterocycles. The van der Waals surface area contributed by atoms with Gasteiger partial charge in [0, 0.05) is 29.9 Å². The summed E-state index contributed by atoms with van der Waals surface area (Å²) in [7, 11) is -3.23. The van der Waals surface area contributed by atoms with Crippen LogP contribution in [-0.2, 0) is 14.8 Å². The number of carbonyl (C=O) groups is 1. The number of benzene rings is 1. The lowest BCUT2D eigenvalue weighted by Crippen LogP contribution is -2.38. The van der Waals surface area contributed by atoms with Gasteiger partial charge in [0.15, 0.2) is 0 Å². The Morgan fingerprint density at radius 2 is 2.00 bits per heavy atom. The van der Waals surface area contributed by atoms with Crippen LogP contribution >= 0.6 is 11.3 Å². The van der Waals surface area contributed by atoms with Crippen LogP contribution in [0.2, 0.25) is 0 Å². The van der Waals surface area contributed by atoms with Gasteiger partial charge in [0.1, 0.15) is 0 Å². The van der Waals surface area contributed by atoms with Crippen molar-refractivity contribution >= 4 is 27.3 Å². The molecular weight excluding hydrogens is 368 g/mol. The quantitative estimate of drug-likeness (QED) is 0.854. The van der Waals surface area contributed by atoms with Crippen LogP contribution in [0.1, 0.15) is 24.3 Å². The highest BCUT2D eigenvalue weighted by Crippen LogP contribution is 2.52. The molecule has 1 aliphatic carbocycles. The first-order valence-electron chi connectivity index (χ1n) is 8.81. The fourth-order valence-electron chi connectivity index (χ4n) is 3.84. The Kier molecular flexibility index (Phi) is 4.62. The summed E-state index contributed by atoms with van der Waals surface area (Å²) in [5, 5.41) is 2.10. The van der Waals surface area contributed by atoms with Gasteiger partial charge in [-0.25, -0.2) is 13.1 Å². The summed E-state index contributed by atoms with van der Waals surface area (Å²) in [6.45, 7) is 1.11. The van der Waals surface area contributed by atoms with E-state index in [4.69, 9.17) is 0 Å². The number of hydrogen-bond donors (Lipinski definition) is 1. The Bertz CT molecular complexity index is 908. The van der Waals surface area contributed by atoms with Crippen LogP contribution in [-0.4, -0.2) is 44.6 Å². The molecule has 0 unspecified atom stereocenters. The zero-order chi connectivity index (χ0) is 18.3. The van der Waals surface area contributed by atoms with Crippen molar-refractivity contribution in [1.82, 2.24) is 9.62 Å². The average Bonchev–Trinajstić information content (AvgIpc) is 3.02. The first-order chi connectivity index (χ1) is 12.4. The van der Waals surface area contributed by atoms with E-state index >= 15 is 0 Å². The third kappa shape index (κ3) is 3.70. The number of carbonyl (C=O) groups excluding carboxylic acids is 1. The molecule has 0 spiro atoms. The summed E-state index contributed by atoms with van der Waals surface area (Å²) >= 11 is 1.72. The van der Waals surface area contributed by atoms with Gasteiger partial charge in [0.2, 0.25) is 15.9 Å². The van der Waals surface area contributed by atoms with Gasteiger partial charge in [-0.15, -0.1) is 11.3 Å². The predicted octanol–water partition coefficient (Wildman–Crippen LogP) is 2.67. The van der Waals surface area contributed by atoms with E-state index in [2.05, 4.69) is 28.3 Å². The maximum atomic E-state index is 12.8. The zero-order valence-electron chi connectivity index (χ0n) is 14.6. The van der Waals surface area contributed by atoms with E-state index in [0.29, 0.717) is 19.5 Å². The van der Waals surface area contributed by atoms with Crippen molar-refractivity contribution in [3.8, 4) is 10.4 Å².